The number of hydrogen-bond donors (Lipinski definition) is 1. The van der Waals surface area contributed by atoms with Gasteiger partial charge in [-0.2, -0.15) is 0 Å². The summed E-state index contributed by atoms with van der Waals surface area (Å²) in [7, 11) is 0. The van der Waals surface area contributed by atoms with E-state index in [-0.39, 0.29) is 11.7 Å². The lowest BCUT2D eigenvalue weighted by atomic mass is 10.1. The highest BCUT2D eigenvalue weighted by atomic mass is 32.2. The molecule has 1 amide bonds. The molecule has 0 aliphatic heterocycles. The zero-order valence-electron chi connectivity index (χ0n) is 12.1. The number of carbonyl (C=O) groups excluding carboxylic acids is 1. The first-order valence-corrected chi connectivity index (χ1v) is 7.72. The standard InChI is InChI=1S/C17H18FNOS/c1-12(2)21-16-9-3-13(4-10-16)11-17(20)19-15-7-5-14(18)6-8-15/h3-10,12H,11H2,1-2H3,(H,19,20). The molecule has 21 heavy (non-hydrogen) atoms. The summed E-state index contributed by atoms with van der Waals surface area (Å²) in [6.07, 6.45) is 0.310. The van der Waals surface area contributed by atoms with Crippen molar-refractivity contribution in [3.8, 4) is 0 Å². The first kappa shape index (κ1) is 15.6. The molecule has 0 saturated heterocycles. The highest BCUT2D eigenvalue weighted by Crippen LogP contribution is 2.23. The van der Waals surface area contributed by atoms with E-state index >= 15 is 0 Å². The van der Waals surface area contributed by atoms with Crippen LogP contribution in [0.4, 0.5) is 10.1 Å². The molecule has 0 atom stereocenters. The fraction of sp³-hybridized carbons (Fsp3) is 0.235. The molecule has 0 unspecified atom stereocenters. The maximum Gasteiger partial charge on any atom is 0.228 e. The Labute approximate surface area is 128 Å². The maximum absolute atomic E-state index is 12.8. The molecular formula is C17H18FNOS. The smallest absolute Gasteiger partial charge is 0.228 e. The van der Waals surface area contributed by atoms with E-state index in [2.05, 4.69) is 19.2 Å². The van der Waals surface area contributed by atoms with Gasteiger partial charge < -0.3 is 5.32 Å². The molecule has 0 saturated carbocycles. The first-order chi connectivity index (χ1) is 10.0. The van der Waals surface area contributed by atoms with Crippen LogP contribution in [0.1, 0.15) is 19.4 Å². The van der Waals surface area contributed by atoms with Gasteiger partial charge in [-0.3, -0.25) is 4.79 Å². The predicted molar refractivity (Wildman–Crippen MR) is 86.2 cm³/mol. The van der Waals surface area contributed by atoms with E-state index in [1.54, 1.807) is 23.9 Å². The predicted octanol–water partition coefficient (Wildman–Crippen LogP) is 4.51. The number of benzene rings is 2. The van der Waals surface area contributed by atoms with E-state index in [0.29, 0.717) is 17.4 Å². The van der Waals surface area contributed by atoms with E-state index in [1.807, 2.05) is 24.3 Å². The van der Waals surface area contributed by atoms with Crippen molar-refractivity contribution in [2.24, 2.45) is 0 Å². The van der Waals surface area contributed by atoms with Gasteiger partial charge in [0.05, 0.1) is 6.42 Å². The number of carbonyl (C=O) groups is 1. The Balaban J connectivity index is 1.91. The van der Waals surface area contributed by atoms with Gasteiger partial charge in [-0.05, 0) is 42.0 Å². The molecule has 0 heterocycles. The number of hydrogen-bond acceptors (Lipinski definition) is 2. The Morgan fingerprint density at radius 3 is 2.29 bits per heavy atom. The molecule has 1 N–H and O–H groups in total. The number of nitrogens with one attached hydrogen (secondary N) is 1. The summed E-state index contributed by atoms with van der Waals surface area (Å²) in [5, 5.41) is 3.29. The summed E-state index contributed by atoms with van der Waals surface area (Å²) in [6.45, 7) is 4.30. The molecule has 0 spiro atoms. The van der Waals surface area contributed by atoms with Gasteiger partial charge in [0.15, 0.2) is 0 Å². The molecule has 2 aromatic rings. The highest BCUT2D eigenvalue weighted by Gasteiger charge is 2.05. The lowest BCUT2D eigenvalue weighted by molar-refractivity contribution is -0.115. The average Bonchev–Trinajstić information content (AvgIpc) is 2.43. The third-order valence-electron chi connectivity index (χ3n) is 2.79. The number of rotatable bonds is 5. The molecule has 4 heteroatoms. The van der Waals surface area contributed by atoms with E-state index in [0.717, 1.165) is 5.56 Å². The number of anilines is 1. The van der Waals surface area contributed by atoms with Gasteiger partial charge in [-0.15, -0.1) is 11.8 Å². The van der Waals surface area contributed by atoms with E-state index < -0.39 is 0 Å². The Bertz CT molecular complexity index is 593. The molecule has 0 fully saturated rings. The van der Waals surface area contributed by atoms with Crippen LogP contribution in [-0.4, -0.2) is 11.2 Å². The average molecular weight is 303 g/mol. The zero-order chi connectivity index (χ0) is 15.2. The molecule has 0 aliphatic rings. The van der Waals surface area contributed by atoms with Crippen LogP contribution in [0.15, 0.2) is 53.4 Å². The van der Waals surface area contributed by atoms with Gasteiger partial charge in [0.1, 0.15) is 5.82 Å². The number of halogens is 1. The summed E-state index contributed by atoms with van der Waals surface area (Å²) >= 11 is 1.79. The minimum Gasteiger partial charge on any atom is -0.326 e. The van der Waals surface area contributed by atoms with Crippen molar-refractivity contribution in [1.82, 2.24) is 0 Å². The molecule has 0 aromatic heterocycles. The first-order valence-electron chi connectivity index (χ1n) is 6.84. The molecule has 2 rings (SSSR count). The summed E-state index contributed by atoms with van der Waals surface area (Å²) in [5.41, 5.74) is 1.57. The van der Waals surface area contributed by atoms with Crippen molar-refractivity contribution in [2.45, 2.75) is 30.4 Å². The van der Waals surface area contributed by atoms with Crippen molar-refractivity contribution in [1.29, 1.82) is 0 Å². The highest BCUT2D eigenvalue weighted by molar-refractivity contribution is 7.99. The van der Waals surface area contributed by atoms with Crippen molar-refractivity contribution < 1.29 is 9.18 Å². The van der Waals surface area contributed by atoms with Crippen molar-refractivity contribution in [3.63, 3.8) is 0 Å². The van der Waals surface area contributed by atoms with Crippen molar-refractivity contribution in [3.05, 3.63) is 59.9 Å². The van der Waals surface area contributed by atoms with E-state index in [4.69, 9.17) is 0 Å². The second-order valence-electron chi connectivity index (χ2n) is 5.04. The third-order valence-corrected chi connectivity index (χ3v) is 3.80. The number of thioether (sulfide) groups is 1. The topological polar surface area (TPSA) is 29.1 Å². The van der Waals surface area contributed by atoms with Crippen molar-refractivity contribution in [2.75, 3.05) is 5.32 Å². The zero-order valence-corrected chi connectivity index (χ0v) is 12.9. The SMILES string of the molecule is CC(C)Sc1ccc(CC(=O)Nc2ccc(F)cc2)cc1. The van der Waals surface area contributed by atoms with Crippen LogP contribution in [0.25, 0.3) is 0 Å². The minimum atomic E-state index is -0.314. The van der Waals surface area contributed by atoms with Gasteiger partial charge >= 0.3 is 0 Å². The maximum atomic E-state index is 12.8. The van der Waals surface area contributed by atoms with E-state index in [1.165, 1.54) is 17.0 Å². The molecule has 2 aromatic carbocycles. The summed E-state index contributed by atoms with van der Waals surface area (Å²) in [6, 6.07) is 13.8. The molecule has 2 nitrogen and oxygen atoms in total. The van der Waals surface area contributed by atoms with Crippen molar-refractivity contribution >= 4 is 23.4 Å². The van der Waals surface area contributed by atoms with Gasteiger partial charge in [-0.25, -0.2) is 4.39 Å². The third kappa shape index (κ3) is 5.23. The van der Waals surface area contributed by atoms with Crippen LogP contribution in [0, 0.1) is 5.82 Å². The van der Waals surface area contributed by atoms with Gasteiger partial charge in [0, 0.05) is 15.8 Å². The Kier molecular flexibility index (Phi) is 5.39. The lowest BCUT2D eigenvalue weighted by Crippen LogP contribution is -2.14. The molecule has 0 radical (unpaired) electrons. The van der Waals surface area contributed by atoms with Gasteiger partial charge in [0.25, 0.3) is 0 Å². The van der Waals surface area contributed by atoms with E-state index in [9.17, 15) is 9.18 Å². The molecule has 110 valence electrons. The Hall–Kier alpha value is -1.81. The van der Waals surface area contributed by atoms with Gasteiger partial charge in [0.2, 0.25) is 5.91 Å². The summed E-state index contributed by atoms with van der Waals surface area (Å²) in [4.78, 5) is 13.1. The van der Waals surface area contributed by atoms with Crippen LogP contribution >= 0.6 is 11.8 Å². The lowest BCUT2D eigenvalue weighted by Gasteiger charge is -2.07. The van der Waals surface area contributed by atoms with Crippen LogP contribution in [-0.2, 0) is 11.2 Å². The summed E-state index contributed by atoms with van der Waals surface area (Å²) in [5.74, 6) is -0.419. The number of amides is 1. The van der Waals surface area contributed by atoms with Crippen LogP contribution in [0.2, 0.25) is 0 Å². The normalized spacial score (nSPS) is 10.7. The largest absolute Gasteiger partial charge is 0.326 e. The fourth-order valence-electron chi connectivity index (χ4n) is 1.88. The Morgan fingerprint density at radius 2 is 1.71 bits per heavy atom. The van der Waals surface area contributed by atoms with Crippen LogP contribution < -0.4 is 5.32 Å². The second kappa shape index (κ2) is 7.27. The van der Waals surface area contributed by atoms with Crippen LogP contribution in [0.5, 0.6) is 0 Å². The summed E-state index contributed by atoms with van der Waals surface area (Å²) < 4.78 is 12.8. The van der Waals surface area contributed by atoms with Gasteiger partial charge in [-0.1, -0.05) is 26.0 Å². The quantitative estimate of drug-likeness (QED) is 0.824. The molecule has 0 bridgehead atoms. The molecule has 0 aliphatic carbocycles. The Morgan fingerprint density at radius 1 is 1.10 bits per heavy atom. The van der Waals surface area contributed by atoms with Crippen LogP contribution in [0.3, 0.4) is 0 Å². The minimum absolute atomic E-state index is 0.106. The second-order valence-corrected chi connectivity index (χ2v) is 6.69. The molecular weight excluding hydrogens is 285 g/mol. The fourth-order valence-corrected chi connectivity index (χ4v) is 2.72. The monoisotopic (exact) mass is 303 g/mol.